The lowest BCUT2D eigenvalue weighted by Crippen LogP contribution is -2.13. The Morgan fingerprint density at radius 3 is 2.69 bits per heavy atom. The highest BCUT2D eigenvalue weighted by Gasteiger charge is 2.21. The zero-order valence-corrected chi connectivity index (χ0v) is 13.9. The Bertz CT molecular complexity index is 1240. The summed E-state index contributed by atoms with van der Waals surface area (Å²) < 4.78 is 27.9. The van der Waals surface area contributed by atoms with E-state index in [9.17, 15) is 18.5 Å². The Balaban J connectivity index is 1.78. The average molecular weight is 369 g/mol. The molecule has 0 amide bonds. The Morgan fingerprint density at radius 1 is 1.04 bits per heavy atom. The van der Waals surface area contributed by atoms with Gasteiger partial charge in [-0.05, 0) is 24.3 Å². The monoisotopic (exact) mass is 369 g/mol. The first-order chi connectivity index (χ1) is 12.5. The smallest absolute Gasteiger partial charge is 0.258 e. The molecule has 3 heterocycles. The Morgan fingerprint density at radius 2 is 1.88 bits per heavy atom. The van der Waals surface area contributed by atoms with E-state index >= 15 is 0 Å². The molecule has 0 spiro atoms. The van der Waals surface area contributed by atoms with Crippen molar-refractivity contribution in [3.05, 3.63) is 77.2 Å². The van der Waals surface area contributed by atoms with Gasteiger partial charge < -0.3 is 0 Å². The van der Waals surface area contributed by atoms with Crippen molar-refractivity contribution < 1.29 is 13.3 Å². The minimum Gasteiger partial charge on any atom is -0.258 e. The molecule has 0 fully saturated rings. The number of hydrogen-bond acceptors (Lipinski definition) is 6. The molecule has 0 saturated carbocycles. The van der Waals surface area contributed by atoms with Crippen molar-refractivity contribution in [2.24, 2.45) is 0 Å². The standard InChI is InChI=1S/C16H11N5O4S/c22-21(23)12-4-3-5-13(10-12)26(24,25)20-9-7-15(18-20)14-11-17-19-8-2-1-6-16(14)19/h1-11H. The summed E-state index contributed by atoms with van der Waals surface area (Å²) in [5, 5.41) is 19.2. The highest BCUT2D eigenvalue weighted by molar-refractivity contribution is 7.89. The third-order valence-corrected chi connectivity index (χ3v) is 5.39. The molecule has 10 heteroatoms. The minimum absolute atomic E-state index is 0.207. The van der Waals surface area contributed by atoms with Crippen molar-refractivity contribution in [1.29, 1.82) is 0 Å². The van der Waals surface area contributed by atoms with Gasteiger partial charge in [-0.3, -0.25) is 10.1 Å². The van der Waals surface area contributed by atoms with E-state index in [0.717, 1.165) is 15.7 Å². The Hall–Kier alpha value is -3.53. The van der Waals surface area contributed by atoms with Crippen molar-refractivity contribution in [3.63, 3.8) is 0 Å². The lowest BCUT2D eigenvalue weighted by molar-refractivity contribution is -0.385. The van der Waals surface area contributed by atoms with Crippen LogP contribution in [0.15, 0.2) is 72.0 Å². The summed E-state index contributed by atoms with van der Waals surface area (Å²) in [7, 11) is -4.04. The van der Waals surface area contributed by atoms with Crippen molar-refractivity contribution in [1.82, 2.24) is 18.8 Å². The van der Waals surface area contributed by atoms with Crippen molar-refractivity contribution in [2.75, 3.05) is 0 Å². The summed E-state index contributed by atoms with van der Waals surface area (Å²) in [6.07, 6.45) is 4.67. The molecule has 0 aliphatic rings. The second kappa shape index (κ2) is 5.77. The summed E-state index contributed by atoms with van der Waals surface area (Å²) in [5.41, 5.74) is 1.59. The predicted molar refractivity (Wildman–Crippen MR) is 92.1 cm³/mol. The molecular weight excluding hydrogens is 358 g/mol. The van der Waals surface area contributed by atoms with E-state index < -0.39 is 14.9 Å². The molecule has 4 rings (SSSR count). The predicted octanol–water partition coefficient (Wildman–Crippen LogP) is 2.34. The van der Waals surface area contributed by atoms with Crippen LogP contribution in [0.3, 0.4) is 0 Å². The Labute approximate surface area is 147 Å². The number of nitro groups is 1. The number of aromatic nitrogens is 4. The molecule has 0 N–H and O–H groups in total. The van der Waals surface area contributed by atoms with Crippen LogP contribution in [0.1, 0.15) is 0 Å². The molecule has 3 aromatic heterocycles. The van der Waals surface area contributed by atoms with E-state index in [1.807, 2.05) is 18.2 Å². The van der Waals surface area contributed by atoms with Gasteiger partial charge in [-0.1, -0.05) is 12.1 Å². The van der Waals surface area contributed by atoms with Crippen LogP contribution in [0.5, 0.6) is 0 Å². The van der Waals surface area contributed by atoms with E-state index in [1.54, 1.807) is 23.0 Å². The molecule has 0 bridgehead atoms. The molecular formula is C16H11N5O4S. The molecule has 0 radical (unpaired) electrons. The van der Waals surface area contributed by atoms with Gasteiger partial charge in [0.15, 0.2) is 0 Å². The van der Waals surface area contributed by atoms with Gasteiger partial charge in [0.1, 0.15) is 0 Å². The molecule has 0 aliphatic heterocycles. The number of benzene rings is 1. The SMILES string of the molecule is O=[N+]([O-])c1cccc(S(=O)(=O)n2ccc(-c3cnn4ccccc34)n2)c1. The van der Waals surface area contributed by atoms with Gasteiger partial charge in [-0.25, -0.2) is 4.52 Å². The van der Waals surface area contributed by atoms with E-state index in [2.05, 4.69) is 10.2 Å². The average Bonchev–Trinajstić information content (AvgIpc) is 3.29. The highest BCUT2D eigenvalue weighted by Crippen LogP contribution is 2.24. The highest BCUT2D eigenvalue weighted by atomic mass is 32.2. The van der Waals surface area contributed by atoms with Gasteiger partial charge in [0.25, 0.3) is 15.7 Å². The lowest BCUT2D eigenvalue weighted by atomic mass is 10.2. The van der Waals surface area contributed by atoms with Crippen LogP contribution < -0.4 is 0 Å². The number of nitrogens with zero attached hydrogens (tertiary/aromatic N) is 5. The van der Waals surface area contributed by atoms with E-state index in [0.29, 0.717) is 11.3 Å². The zero-order valence-electron chi connectivity index (χ0n) is 13.1. The van der Waals surface area contributed by atoms with Gasteiger partial charge in [-0.15, -0.1) is 0 Å². The van der Waals surface area contributed by atoms with E-state index in [1.165, 1.54) is 24.4 Å². The van der Waals surface area contributed by atoms with Crippen LogP contribution >= 0.6 is 0 Å². The minimum atomic E-state index is -4.04. The van der Waals surface area contributed by atoms with Crippen molar-refractivity contribution in [2.45, 2.75) is 4.90 Å². The third-order valence-electron chi connectivity index (χ3n) is 3.84. The molecule has 0 saturated heterocycles. The van der Waals surface area contributed by atoms with Gasteiger partial charge in [-0.2, -0.15) is 22.7 Å². The summed E-state index contributed by atoms with van der Waals surface area (Å²) in [6.45, 7) is 0. The molecule has 4 aromatic rings. The number of non-ortho nitro benzene ring substituents is 1. The number of pyridine rings is 1. The first-order valence-corrected chi connectivity index (χ1v) is 8.89. The lowest BCUT2D eigenvalue weighted by Gasteiger charge is -2.04. The van der Waals surface area contributed by atoms with Gasteiger partial charge in [0.05, 0.1) is 27.2 Å². The quantitative estimate of drug-likeness (QED) is 0.403. The molecule has 26 heavy (non-hydrogen) atoms. The molecule has 9 nitrogen and oxygen atoms in total. The van der Waals surface area contributed by atoms with Gasteiger partial charge in [0, 0.05) is 30.1 Å². The maximum atomic E-state index is 12.7. The fraction of sp³-hybridized carbons (Fsp3) is 0. The first kappa shape index (κ1) is 16.0. The summed E-state index contributed by atoms with van der Waals surface area (Å²) in [5.74, 6) is 0. The summed E-state index contributed by atoms with van der Waals surface area (Å²) >= 11 is 0. The van der Waals surface area contributed by atoms with Crippen LogP contribution in [0.25, 0.3) is 16.8 Å². The number of fused-ring (bicyclic) bond motifs is 1. The van der Waals surface area contributed by atoms with Gasteiger partial charge in [0.2, 0.25) is 0 Å². The molecule has 0 aliphatic carbocycles. The molecule has 1 aromatic carbocycles. The number of nitro benzene ring substituents is 1. The van der Waals surface area contributed by atoms with E-state index in [4.69, 9.17) is 0 Å². The zero-order chi connectivity index (χ0) is 18.3. The molecule has 0 atom stereocenters. The normalized spacial score (nSPS) is 11.7. The second-order valence-corrected chi connectivity index (χ2v) is 7.22. The topological polar surface area (TPSA) is 112 Å². The first-order valence-electron chi connectivity index (χ1n) is 7.45. The van der Waals surface area contributed by atoms with Crippen LogP contribution in [0, 0.1) is 10.1 Å². The van der Waals surface area contributed by atoms with Crippen molar-refractivity contribution >= 4 is 21.2 Å². The Kier molecular flexibility index (Phi) is 3.55. The van der Waals surface area contributed by atoms with Crippen LogP contribution in [-0.4, -0.2) is 32.1 Å². The van der Waals surface area contributed by atoms with Gasteiger partial charge >= 0.3 is 0 Å². The maximum absolute atomic E-state index is 12.7. The van der Waals surface area contributed by atoms with E-state index in [-0.39, 0.29) is 10.6 Å². The van der Waals surface area contributed by atoms with Crippen LogP contribution in [-0.2, 0) is 10.0 Å². The summed E-state index contributed by atoms with van der Waals surface area (Å²) in [4.78, 5) is 10.0. The number of rotatable bonds is 4. The third kappa shape index (κ3) is 2.52. The van der Waals surface area contributed by atoms with Crippen molar-refractivity contribution in [3.8, 4) is 11.3 Å². The second-order valence-electron chi connectivity index (χ2n) is 5.42. The van der Waals surface area contributed by atoms with Crippen LogP contribution in [0.2, 0.25) is 0 Å². The largest absolute Gasteiger partial charge is 0.283 e. The molecule has 0 unspecified atom stereocenters. The fourth-order valence-corrected chi connectivity index (χ4v) is 3.73. The molecule has 130 valence electrons. The fourth-order valence-electron chi connectivity index (χ4n) is 2.58. The number of hydrogen-bond donors (Lipinski definition) is 0. The van der Waals surface area contributed by atoms with Crippen LogP contribution in [0.4, 0.5) is 5.69 Å². The summed E-state index contributed by atoms with van der Waals surface area (Å²) in [6, 6.07) is 11.9. The maximum Gasteiger partial charge on any atom is 0.283 e.